The van der Waals surface area contributed by atoms with Gasteiger partial charge < -0.3 is 25.2 Å². The van der Waals surface area contributed by atoms with E-state index in [1.165, 1.54) is 4.90 Å². The minimum Gasteiger partial charge on any atom is -0.385 e. The fourth-order valence-corrected chi connectivity index (χ4v) is 11.9. The third kappa shape index (κ3) is 8.49. The van der Waals surface area contributed by atoms with E-state index >= 15 is 8.78 Å². The van der Waals surface area contributed by atoms with Gasteiger partial charge in [-0.05, 0) is 124 Å². The van der Waals surface area contributed by atoms with Crippen LogP contribution in [0.5, 0.6) is 0 Å². The lowest BCUT2D eigenvalue weighted by molar-refractivity contribution is -0.124. The van der Waals surface area contributed by atoms with Crippen LogP contribution in [0.2, 0.25) is 5.02 Å². The van der Waals surface area contributed by atoms with Crippen LogP contribution in [0.15, 0.2) is 42.6 Å². The van der Waals surface area contributed by atoms with Gasteiger partial charge in [-0.3, -0.25) is 29.5 Å². The summed E-state index contributed by atoms with van der Waals surface area (Å²) >= 11 is 6.58. The topological polar surface area (TPSA) is 157 Å². The molecule has 15 nitrogen and oxygen atoms in total. The Morgan fingerprint density at radius 3 is 2.42 bits per heavy atom. The fraction of sp³-hybridized carbons (Fsp3) is 0.551. The summed E-state index contributed by atoms with van der Waals surface area (Å²) in [5, 5.41) is 13.9. The lowest BCUT2D eigenvalue weighted by Crippen LogP contribution is -2.54. The third-order valence-corrected chi connectivity index (χ3v) is 16.4. The van der Waals surface area contributed by atoms with Crippen molar-refractivity contribution in [3.8, 4) is 0 Å². The van der Waals surface area contributed by atoms with E-state index in [4.69, 9.17) is 21.4 Å². The number of nitrogens with one attached hydrogen (secondary N) is 3. The summed E-state index contributed by atoms with van der Waals surface area (Å²) in [6.07, 6.45) is 10.2. The first-order valence-corrected chi connectivity index (χ1v) is 24.2. The summed E-state index contributed by atoms with van der Waals surface area (Å²) in [6.45, 7) is 4.22. The van der Waals surface area contributed by atoms with E-state index in [0.29, 0.717) is 84.4 Å². The Hall–Kier alpha value is -5.39. The number of benzene rings is 2. The number of alkyl halides is 2. The Bertz CT molecular complexity index is 2610. The zero-order valence-corrected chi connectivity index (χ0v) is 39.1. The van der Waals surface area contributed by atoms with E-state index in [-0.39, 0.29) is 60.8 Å². The van der Waals surface area contributed by atoms with Gasteiger partial charge in [-0.15, -0.1) is 5.10 Å². The lowest BCUT2D eigenvalue weighted by Gasteiger charge is -2.49. The molecule has 4 aliphatic heterocycles. The Kier molecular flexibility index (Phi) is 12.1. The fourth-order valence-electron chi connectivity index (χ4n) is 11.7. The summed E-state index contributed by atoms with van der Waals surface area (Å²) < 4.78 is 39.7. The van der Waals surface area contributed by atoms with Crippen LogP contribution in [-0.2, 0) is 22.4 Å². The van der Waals surface area contributed by atoms with Crippen molar-refractivity contribution in [1.82, 2.24) is 35.0 Å². The molecule has 6 heterocycles. The normalized spacial score (nSPS) is 24.1. The quantitative estimate of drug-likeness (QED) is 0.149. The van der Waals surface area contributed by atoms with Gasteiger partial charge in [0.25, 0.3) is 17.7 Å². The van der Waals surface area contributed by atoms with Crippen LogP contribution in [-0.4, -0.2) is 126 Å². The number of anilines is 4. The largest absolute Gasteiger partial charge is 0.385 e. The highest BCUT2D eigenvalue weighted by molar-refractivity contribution is 6.32. The number of amides is 5. The minimum atomic E-state index is -2.84. The number of imidazole rings is 1. The molecule has 3 saturated heterocycles. The van der Waals surface area contributed by atoms with Crippen LogP contribution in [0.3, 0.4) is 0 Å². The molecule has 3 atom stereocenters. The number of methoxy groups -OCH3 is 1. The molecule has 5 amide bonds. The number of imide groups is 1. The van der Waals surface area contributed by atoms with Gasteiger partial charge in [0.15, 0.2) is 17.2 Å². The maximum atomic E-state index is 16.3. The average molecular weight is 942 g/mol. The summed E-state index contributed by atoms with van der Waals surface area (Å²) in [5.41, 5.74) is 6.21. The van der Waals surface area contributed by atoms with Crippen LogP contribution in [0.4, 0.5) is 36.5 Å². The number of ether oxygens (including phenoxy) is 1. The van der Waals surface area contributed by atoms with Crippen LogP contribution >= 0.6 is 11.6 Å². The highest BCUT2D eigenvalue weighted by atomic mass is 35.5. The number of likely N-dealkylation sites (tertiary alicyclic amines) is 2. The van der Waals surface area contributed by atoms with Crippen molar-refractivity contribution < 1.29 is 32.7 Å². The van der Waals surface area contributed by atoms with Crippen LogP contribution in [0.25, 0.3) is 5.65 Å². The maximum absolute atomic E-state index is 16.3. The highest BCUT2D eigenvalue weighted by Crippen LogP contribution is 2.48. The molecule has 4 aromatic rings. The van der Waals surface area contributed by atoms with E-state index in [9.17, 15) is 19.2 Å². The Balaban J connectivity index is 0.750. The first-order valence-electron chi connectivity index (χ1n) is 23.9. The first kappa shape index (κ1) is 45.4. The molecule has 2 saturated carbocycles. The van der Waals surface area contributed by atoms with Gasteiger partial charge in [-0.25, -0.2) is 23.1 Å². The number of rotatable bonds is 10. The van der Waals surface area contributed by atoms with Gasteiger partial charge in [-0.1, -0.05) is 23.7 Å². The average Bonchev–Trinajstić information content (AvgIpc) is 3.95. The van der Waals surface area contributed by atoms with Crippen molar-refractivity contribution in [2.45, 2.75) is 108 Å². The van der Waals surface area contributed by atoms with Gasteiger partial charge in [0.1, 0.15) is 0 Å². The number of hydrogen-bond donors (Lipinski definition) is 3. The standard InChI is InChI=1S/C49H59ClF2N10O5/c1-29-35(50)24-31(25-39(29)61-20-13-43(63)56-47(61)66)46(65)58-21-16-48(17-22-58)14-9-33(10-15-48)59-18-11-32(49(51,52)28-59)23-30-5-4-6-38-34(30)12-19-60(38)42-26-37(53-2)44-54-27-40(62(44)57-42)45(64)55-36-7-8-41(36)67-3/h4-6,24-27,32-33,36,41,53H,7-23,28H2,1-3H3,(H,55,64)(H,56,63,66)/t32?,36-,41-/m1/s1. The van der Waals surface area contributed by atoms with Crippen LogP contribution < -0.4 is 25.8 Å². The summed E-state index contributed by atoms with van der Waals surface area (Å²) in [7, 11) is 3.46. The molecule has 2 aromatic carbocycles. The molecule has 1 spiro atoms. The van der Waals surface area contributed by atoms with Gasteiger partial charge >= 0.3 is 6.03 Å². The second-order valence-electron chi connectivity index (χ2n) is 19.6. The van der Waals surface area contributed by atoms with Crippen molar-refractivity contribution in [3.63, 3.8) is 0 Å². The maximum Gasteiger partial charge on any atom is 0.328 e. The smallest absolute Gasteiger partial charge is 0.328 e. The Morgan fingerprint density at radius 2 is 1.72 bits per heavy atom. The predicted molar refractivity (Wildman–Crippen MR) is 251 cm³/mol. The van der Waals surface area contributed by atoms with Crippen LogP contribution in [0, 0.1) is 18.3 Å². The third-order valence-electron chi connectivity index (χ3n) is 16.0. The monoisotopic (exact) mass is 940 g/mol. The van der Waals surface area contributed by atoms with Gasteiger partial charge in [0, 0.05) is 81.1 Å². The SMILES string of the molecule is CNc1cc(N2CCc3c(CC4CCN(C5CCC6(CC5)CCN(C(=O)c5cc(Cl)c(C)c(N7CCC(=O)NC7=O)c5)CC6)CC4(F)F)cccc32)nn2c(C(=O)N[C@@H]3CC[C@H]3OC)cnc12. The summed E-state index contributed by atoms with van der Waals surface area (Å²) in [4.78, 5) is 63.6. The van der Waals surface area contributed by atoms with Crippen molar-refractivity contribution in [2.24, 2.45) is 11.3 Å². The predicted octanol–water partition coefficient (Wildman–Crippen LogP) is 7.15. The van der Waals surface area contributed by atoms with E-state index < -0.39 is 17.9 Å². The minimum absolute atomic E-state index is 0.0102. The molecule has 6 aliphatic rings. The number of carbonyl (C=O) groups excluding carboxylic acids is 4. The number of halogens is 3. The van der Waals surface area contributed by atoms with Gasteiger partial charge in [0.05, 0.1) is 36.3 Å². The highest BCUT2D eigenvalue weighted by Gasteiger charge is 2.48. The molecule has 0 bridgehead atoms. The molecule has 2 aromatic heterocycles. The van der Waals surface area contributed by atoms with Crippen LogP contribution in [0.1, 0.15) is 102 Å². The molecular weight excluding hydrogens is 882 g/mol. The molecule has 5 fully saturated rings. The van der Waals surface area contributed by atoms with E-state index in [0.717, 1.165) is 73.9 Å². The Labute approximate surface area is 393 Å². The molecule has 0 radical (unpaired) electrons. The number of piperidine rings is 2. The molecule has 10 rings (SSSR count). The van der Waals surface area contributed by atoms with Crippen molar-refractivity contribution >= 4 is 63.9 Å². The molecule has 3 N–H and O–H groups in total. The van der Waals surface area contributed by atoms with E-state index in [2.05, 4.69) is 25.8 Å². The molecule has 18 heteroatoms. The van der Waals surface area contributed by atoms with Gasteiger partial charge in [0.2, 0.25) is 5.91 Å². The molecule has 1 unspecified atom stereocenters. The molecule has 2 aliphatic carbocycles. The summed E-state index contributed by atoms with van der Waals surface area (Å²) in [6, 6.07) is 10.8. The van der Waals surface area contributed by atoms with Crippen molar-refractivity contribution in [1.29, 1.82) is 0 Å². The van der Waals surface area contributed by atoms with Crippen molar-refractivity contribution in [3.05, 3.63) is 75.6 Å². The molecular formula is C49H59ClF2N10O5. The molecule has 356 valence electrons. The zero-order chi connectivity index (χ0) is 46.8. The zero-order valence-electron chi connectivity index (χ0n) is 38.4. The number of urea groups is 1. The Morgan fingerprint density at radius 1 is 0.940 bits per heavy atom. The lowest BCUT2D eigenvalue weighted by atomic mass is 9.66. The number of carbonyl (C=O) groups is 4. The van der Waals surface area contributed by atoms with Gasteiger partial charge in [-0.2, -0.15) is 0 Å². The second-order valence-corrected chi connectivity index (χ2v) is 20.0. The number of aromatic nitrogens is 3. The van der Waals surface area contributed by atoms with E-state index in [1.807, 2.05) is 34.1 Å². The van der Waals surface area contributed by atoms with Crippen molar-refractivity contribution in [2.75, 3.05) is 68.5 Å². The number of fused-ring (bicyclic) bond motifs is 2. The molecule has 67 heavy (non-hydrogen) atoms. The first-order chi connectivity index (χ1) is 32.2. The summed E-state index contributed by atoms with van der Waals surface area (Å²) in [5.74, 6) is -3.72. The van der Waals surface area contributed by atoms with E-state index in [1.54, 1.807) is 43.9 Å². The number of nitrogens with zero attached hydrogens (tertiary/aromatic N) is 7. The number of hydrogen-bond acceptors (Lipinski definition) is 10. The second kappa shape index (κ2) is 17.9.